The third-order valence-electron chi connectivity index (χ3n) is 2.31. The molecule has 1 aromatic heterocycles. The molecule has 0 aliphatic rings. The van der Waals surface area contributed by atoms with Crippen LogP contribution in [0.4, 0.5) is 11.4 Å². The van der Waals surface area contributed by atoms with Crippen LogP contribution < -0.4 is 11.1 Å². The molecule has 1 aromatic carbocycles. The van der Waals surface area contributed by atoms with Gasteiger partial charge in [-0.3, -0.25) is 0 Å². The lowest BCUT2D eigenvalue weighted by atomic mass is 10.2. The second-order valence-corrected chi connectivity index (χ2v) is 4.05. The Balaban J connectivity index is 2.15. The van der Waals surface area contributed by atoms with Crippen molar-refractivity contribution in [3.05, 3.63) is 46.9 Å². The van der Waals surface area contributed by atoms with Crippen LogP contribution in [0.2, 0.25) is 5.02 Å². The van der Waals surface area contributed by atoms with Crippen molar-refractivity contribution in [3.63, 3.8) is 0 Å². The largest absolute Gasteiger partial charge is 0.467 e. The number of nitrogens with one attached hydrogen (secondary N) is 1. The SMILES string of the molecule is Cc1cc(Cl)c(N)c(NCc2ccco2)c1. The standard InChI is InChI=1S/C12H13ClN2O/c1-8-5-10(13)12(14)11(6-8)15-7-9-3-2-4-16-9/h2-6,15H,7,14H2,1H3. The number of benzene rings is 1. The molecule has 0 radical (unpaired) electrons. The highest BCUT2D eigenvalue weighted by Crippen LogP contribution is 2.29. The minimum absolute atomic E-state index is 0.568. The highest BCUT2D eigenvalue weighted by molar-refractivity contribution is 6.33. The summed E-state index contributed by atoms with van der Waals surface area (Å²) in [7, 11) is 0. The quantitative estimate of drug-likeness (QED) is 0.803. The van der Waals surface area contributed by atoms with Gasteiger partial charge in [-0.25, -0.2) is 0 Å². The molecular weight excluding hydrogens is 224 g/mol. The second kappa shape index (κ2) is 4.49. The number of anilines is 2. The zero-order chi connectivity index (χ0) is 11.5. The van der Waals surface area contributed by atoms with E-state index in [1.54, 1.807) is 6.26 Å². The predicted molar refractivity (Wildman–Crippen MR) is 66.6 cm³/mol. The number of hydrogen-bond donors (Lipinski definition) is 2. The first-order valence-corrected chi connectivity index (χ1v) is 5.36. The zero-order valence-corrected chi connectivity index (χ0v) is 9.71. The van der Waals surface area contributed by atoms with E-state index in [0.29, 0.717) is 17.3 Å². The molecule has 0 saturated carbocycles. The molecule has 0 spiro atoms. The number of nitrogens with two attached hydrogens (primary N) is 1. The van der Waals surface area contributed by atoms with E-state index in [4.69, 9.17) is 21.8 Å². The summed E-state index contributed by atoms with van der Waals surface area (Å²) >= 11 is 5.99. The van der Waals surface area contributed by atoms with E-state index in [2.05, 4.69) is 5.32 Å². The second-order valence-electron chi connectivity index (χ2n) is 3.64. The average molecular weight is 237 g/mol. The van der Waals surface area contributed by atoms with Crippen LogP contribution in [0.15, 0.2) is 34.9 Å². The highest BCUT2D eigenvalue weighted by atomic mass is 35.5. The Labute approximate surface area is 99.2 Å². The molecule has 84 valence electrons. The Morgan fingerprint density at radius 3 is 2.94 bits per heavy atom. The van der Waals surface area contributed by atoms with E-state index >= 15 is 0 Å². The number of furan rings is 1. The zero-order valence-electron chi connectivity index (χ0n) is 8.96. The number of halogens is 1. The van der Waals surface area contributed by atoms with Gasteiger partial charge in [-0.05, 0) is 36.8 Å². The van der Waals surface area contributed by atoms with Gasteiger partial charge in [0.05, 0.1) is 29.2 Å². The van der Waals surface area contributed by atoms with Gasteiger partial charge < -0.3 is 15.5 Å². The molecule has 0 saturated heterocycles. The van der Waals surface area contributed by atoms with Crippen molar-refractivity contribution in [2.45, 2.75) is 13.5 Å². The summed E-state index contributed by atoms with van der Waals surface area (Å²) in [5.74, 6) is 0.858. The summed E-state index contributed by atoms with van der Waals surface area (Å²) in [4.78, 5) is 0. The molecule has 3 N–H and O–H groups in total. The fraction of sp³-hybridized carbons (Fsp3) is 0.167. The minimum atomic E-state index is 0.568. The van der Waals surface area contributed by atoms with Crippen molar-refractivity contribution in [1.82, 2.24) is 0 Å². The summed E-state index contributed by atoms with van der Waals surface area (Å²) in [6.07, 6.45) is 1.64. The summed E-state index contributed by atoms with van der Waals surface area (Å²) in [6, 6.07) is 7.56. The van der Waals surface area contributed by atoms with Crippen molar-refractivity contribution in [1.29, 1.82) is 0 Å². The summed E-state index contributed by atoms with van der Waals surface area (Å²) < 4.78 is 5.22. The fourth-order valence-electron chi connectivity index (χ4n) is 1.50. The summed E-state index contributed by atoms with van der Waals surface area (Å²) in [6.45, 7) is 2.57. The Morgan fingerprint density at radius 2 is 2.25 bits per heavy atom. The molecular formula is C12H13ClN2O. The van der Waals surface area contributed by atoms with Gasteiger partial charge in [0.25, 0.3) is 0 Å². The smallest absolute Gasteiger partial charge is 0.122 e. The maximum absolute atomic E-state index is 5.99. The van der Waals surface area contributed by atoms with Gasteiger partial charge in [-0.1, -0.05) is 11.6 Å². The number of aryl methyl sites for hydroxylation is 1. The van der Waals surface area contributed by atoms with Gasteiger partial charge in [0, 0.05) is 0 Å². The van der Waals surface area contributed by atoms with Gasteiger partial charge in [-0.2, -0.15) is 0 Å². The van der Waals surface area contributed by atoms with Gasteiger partial charge in [0.15, 0.2) is 0 Å². The maximum Gasteiger partial charge on any atom is 0.122 e. The molecule has 0 unspecified atom stereocenters. The molecule has 3 nitrogen and oxygen atoms in total. The van der Waals surface area contributed by atoms with E-state index in [0.717, 1.165) is 17.0 Å². The van der Waals surface area contributed by atoms with E-state index in [9.17, 15) is 0 Å². The van der Waals surface area contributed by atoms with Crippen LogP contribution in [0.25, 0.3) is 0 Å². The monoisotopic (exact) mass is 236 g/mol. The average Bonchev–Trinajstić information content (AvgIpc) is 2.74. The van der Waals surface area contributed by atoms with Crippen molar-refractivity contribution in [2.75, 3.05) is 11.1 Å². The van der Waals surface area contributed by atoms with Gasteiger partial charge in [-0.15, -0.1) is 0 Å². The summed E-state index contributed by atoms with van der Waals surface area (Å²) in [5, 5.41) is 3.77. The Kier molecular flexibility index (Phi) is 3.06. The van der Waals surface area contributed by atoms with E-state index < -0.39 is 0 Å². The molecule has 4 heteroatoms. The van der Waals surface area contributed by atoms with E-state index in [1.807, 2.05) is 31.2 Å². The molecule has 2 aromatic rings. The van der Waals surface area contributed by atoms with Crippen molar-refractivity contribution in [2.24, 2.45) is 0 Å². The van der Waals surface area contributed by atoms with Crippen LogP contribution in [0.1, 0.15) is 11.3 Å². The van der Waals surface area contributed by atoms with Gasteiger partial charge in [0.2, 0.25) is 0 Å². The summed E-state index contributed by atoms with van der Waals surface area (Å²) in [5.41, 5.74) is 8.34. The Bertz CT molecular complexity index is 480. The minimum Gasteiger partial charge on any atom is -0.467 e. The molecule has 1 heterocycles. The third kappa shape index (κ3) is 2.31. The number of rotatable bonds is 3. The maximum atomic E-state index is 5.99. The molecule has 16 heavy (non-hydrogen) atoms. The van der Waals surface area contributed by atoms with Crippen molar-refractivity contribution >= 4 is 23.0 Å². The topological polar surface area (TPSA) is 51.2 Å². The molecule has 0 bridgehead atoms. The molecule has 0 fully saturated rings. The van der Waals surface area contributed by atoms with Crippen LogP contribution in [0, 0.1) is 6.92 Å². The highest BCUT2D eigenvalue weighted by Gasteiger charge is 2.05. The van der Waals surface area contributed by atoms with Gasteiger partial charge in [0.1, 0.15) is 5.76 Å². The normalized spacial score (nSPS) is 10.4. The molecule has 0 aliphatic carbocycles. The van der Waals surface area contributed by atoms with Crippen LogP contribution in [0.3, 0.4) is 0 Å². The first-order chi connectivity index (χ1) is 7.66. The van der Waals surface area contributed by atoms with E-state index in [-0.39, 0.29) is 0 Å². The Hall–Kier alpha value is -1.61. The predicted octanol–water partition coefficient (Wildman–Crippen LogP) is 3.44. The van der Waals surface area contributed by atoms with Crippen molar-refractivity contribution < 1.29 is 4.42 Å². The number of nitrogen functional groups attached to an aromatic ring is 1. The lowest BCUT2D eigenvalue weighted by Crippen LogP contribution is -2.02. The first kappa shape index (κ1) is 10.9. The third-order valence-corrected chi connectivity index (χ3v) is 2.62. The van der Waals surface area contributed by atoms with E-state index in [1.165, 1.54) is 0 Å². The lowest BCUT2D eigenvalue weighted by Gasteiger charge is -2.10. The fourth-order valence-corrected chi connectivity index (χ4v) is 1.77. The first-order valence-electron chi connectivity index (χ1n) is 4.98. The van der Waals surface area contributed by atoms with Crippen LogP contribution in [-0.4, -0.2) is 0 Å². The van der Waals surface area contributed by atoms with Crippen molar-refractivity contribution in [3.8, 4) is 0 Å². The molecule has 2 rings (SSSR count). The lowest BCUT2D eigenvalue weighted by molar-refractivity contribution is 0.518. The molecule has 0 aliphatic heterocycles. The van der Waals surface area contributed by atoms with Crippen LogP contribution in [0.5, 0.6) is 0 Å². The molecule has 0 amide bonds. The van der Waals surface area contributed by atoms with Crippen LogP contribution >= 0.6 is 11.6 Å². The van der Waals surface area contributed by atoms with Gasteiger partial charge >= 0.3 is 0 Å². The molecule has 0 atom stereocenters. The number of hydrogen-bond acceptors (Lipinski definition) is 3. The van der Waals surface area contributed by atoms with Crippen LogP contribution in [-0.2, 0) is 6.54 Å². The Morgan fingerprint density at radius 1 is 1.44 bits per heavy atom.